The number of ether oxygens (including phenoxy) is 1. The molecule has 1 aliphatic rings. The molecule has 0 spiro atoms. The van der Waals surface area contributed by atoms with Crippen LogP contribution in [-0.4, -0.2) is 18.8 Å². The van der Waals surface area contributed by atoms with Crippen molar-refractivity contribution < 1.29 is 4.74 Å². The largest absolute Gasteiger partial charge is 0.377 e. The van der Waals surface area contributed by atoms with Crippen LogP contribution in [0.3, 0.4) is 0 Å². The maximum Gasteiger partial charge on any atom is 0.0847 e. The molecule has 1 saturated carbocycles. The molecule has 21 heavy (non-hydrogen) atoms. The standard InChI is InChI=1S/C16H24Cl2N2O/c1-21-16(8-4-2-3-5-9-16)15(20-19)11-12-10-13(17)6-7-14(12)18/h6-7,10,15,20H,2-5,8-9,11,19H2,1H3. The minimum atomic E-state index is -0.225. The lowest BCUT2D eigenvalue weighted by molar-refractivity contribution is -0.0527. The monoisotopic (exact) mass is 330 g/mol. The summed E-state index contributed by atoms with van der Waals surface area (Å²) < 4.78 is 5.94. The van der Waals surface area contributed by atoms with E-state index in [0.29, 0.717) is 11.4 Å². The molecule has 0 aromatic heterocycles. The highest BCUT2D eigenvalue weighted by molar-refractivity contribution is 6.33. The van der Waals surface area contributed by atoms with E-state index >= 15 is 0 Å². The van der Waals surface area contributed by atoms with Gasteiger partial charge in [0.2, 0.25) is 0 Å². The van der Waals surface area contributed by atoms with Crippen LogP contribution < -0.4 is 11.3 Å². The Hall–Kier alpha value is -0.320. The molecule has 1 atom stereocenters. The van der Waals surface area contributed by atoms with Crippen LogP contribution in [0.15, 0.2) is 18.2 Å². The molecule has 3 N–H and O–H groups in total. The van der Waals surface area contributed by atoms with Crippen LogP contribution in [0.5, 0.6) is 0 Å². The Morgan fingerprint density at radius 2 is 1.90 bits per heavy atom. The quantitative estimate of drug-likeness (QED) is 0.485. The van der Waals surface area contributed by atoms with E-state index in [4.69, 9.17) is 33.8 Å². The molecule has 3 nitrogen and oxygen atoms in total. The summed E-state index contributed by atoms with van der Waals surface area (Å²) in [5.41, 5.74) is 3.74. The highest BCUT2D eigenvalue weighted by Gasteiger charge is 2.39. The summed E-state index contributed by atoms with van der Waals surface area (Å²) in [7, 11) is 1.79. The smallest absolute Gasteiger partial charge is 0.0847 e. The maximum atomic E-state index is 6.29. The Balaban J connectivity index is 2.22. The van der Waals surface area contributed by atoms with Gasteiger partial charge in [0, 0.05) is 17.2 Å². The molecular weight excluding hydrogens is 307 g/mol. The van der Waals surface area contributed by atoms with E-state index in [2.05, 4.69) is 5.43 Å². The predicted molar refractivity (Wildman–Crippen MR) is 88.7 cm³/mol. The number of methoxy groups -OCH3 is 1. The Labute approximate surface area is 137 Å². The van der Waals surface area contributed by atoms with Gasteiger partial charge in [0.1, 0.15) is 0 Å². The number of hydrogen-bond acceptors (Lipinski definition) is 3. The second kappa shape index (κ2) is 7.80. The third-order valence-electron chi connectivity index (χ3n) is 4.62. The number of nitrogens with two attached hydrogens (primary N) is 1. The van der Waals surface area contributed by atoms with Gasteiger partial charge < -0.3 is 4.74 Å². The van der Waals surface area contributed by atoms with Crippen molar-refractivity contribution in [2.45, 2.75) is 56.6 Å². The van der Waals surface area contributed by atoms with E-state index in [9.17, 15) is 0 Å². The van der Waals surface area contributed by atoms with Crippen molar-refractivity contribution in [3.05, 3.63) is 33.8 Å². The minimum Gasteiger partial charge on any atom is -0.377 e. The van der Waals surface area contributed by atoms with Crippen LogP contribution in [0.25, 0.3) is 0 Å². The summed E-state index contributed by atoms with van der Waals surface area (Å²) in [5.74, 6) is 5.85. The summed E-state index contributed by atoms with van der Waals surface area (Å²) >= 11 is 12.4. The molecule has 1 aliphatic carbocycles. The SMILES string of the molecule is COC1(C(Cc2cc(Cl)ccc2Cl)NN)CCCCCC1. The highest BCUT2D eigenvalue weighted by atomic mass is 35.5. The zero-order valence-corrected chi connectivity index (χ0v) is 14.0. The number of hydrazine groups is 1. The number of rotatable bonds is 5. The number of benzene rings is 1. The first-order chi connectivity index (χ1) is 10.1. The van der Waals surface area contributed by atoms with Gasteiger partial charge in [0.15, 0.2) is 0 Å². The summed E-state index contributed by atoms with van der Waals surface area (Å²) in [6.07, 6.45) is 7.64. The fraction of sp³-hybridized carbons (Fsp3) is 0.625. The van der Waals surface area contributed by atoms with Gasteiger partial charge in [-0.3, -0.25) is 11.3 Å². The van der Waals surface area contributed by atoms with Crippen LogP contribution in [0.2, 0.25) is 10.0 Å². The molecule has 1 fully saturated rings. The van der Waals surface area contributed by atoms with Crippen LogP contribution in [0, 0.1) is 0 Å². The first kappa shape index (κ1) is 17.0. The zero-order valence-electron chi connectivity index (χ0n) is 12.5. The molecule has 0 saturated heterocycles. The Morgan fingerprint density at radius 1 is 1.24 bits per heavy atom. The van der Waals surface area contributed by atoms with Crippen molar-refractivity contribution in [2.75, 3.05) is 7.11 Å². The first-order valence-electron chi connectivity index (χ1n) is 7.56. The first-order valence-corrected chi connectivity index (χ1v) is 8.32. The van der Waals surface area contributed by atoms with Crippen molar-refractivity contribution in [1.29, 1.82) is 0 Å². The third-order valence-corrected chi connectivity index (χ3v) is 5.23. The van der Waals surface area contributed by atoms with Crippen molar-refractivity contribution in [1.82, 2.24) is 5.43 Å². The van der Waals surface area contributed by atoms with E-state index in [-0.39, 0.29) is 11.6 Å². The fourth-order valence-electron chi connectivity index (χ4n) is 3.34. The topological polar surface area (TPSA) is 47.3 Å². The summed E-state index contributed by atoms with van der Waals surface area (Å²) in [6, 6.07) is 5.57. The van der Waals surface area contributed by atoms with Gasteiger partial charge >= 0.3 is 0 Å². The summed E-state index contributed by atoms with van der Waals surface area (Å²) in [4.78, 5) is 0. The third kappa shape index (κ3) is 4.11. The van der Waals surface area contributed by atoms with Crippen molar-refractivity contribution in [2.24, 2.45) is 5.84 Å². The van der Waals surface area contributed by atoms with Gasteiger partial charge in [0.05, 0.1) is 11.6 Å². The summed E-state index contributed by atoms with van der Waals surface area (Å²) in [5, 5.41) is 1.41. The van der Waals surface area contributed by atoms with E-state index < -0.39 is 0 Å². The zero-order chi connectivity index (χ0) is 15.3. The van der Waals surface area contributed by atoms with Crippen molar-refractivity contribution >= 4 is 23.2 Å². The lowest BCUT2D eigenvalue weighted by Gasteiger charge is -2.39. The molecule has 5 heteroatoms. The van der Waals surface area contributed by atoms with Crippen LogP contribution in [0.1, 0.15) is 44.1 Å². The summed E-state index contributed by atoms with van der Waals surface area (Å²) in [6.45, 7) is 0. The molecule has 118 valence electrons. The van der Waals surface area contributed by atoms with Gasteiger partial charge in [0.25, 0.3) is 0 Å². The minimum absolute atomic E-state index is 0.0246. The van der Waals surface area contributed by atoms with Gasteiger partial charge in [-0.2, -0.15) is 0 Å². The Kier molecular flexibility index (Phi) is 6.33. The second-order valence-corrected chi connectivity index (χ2v) is 6.69. The Bertz CT molecular complexity index is 460. The molecule has 0 bridgehead atoms. The molecule has 0 amide bonds. The second-order valence-electron chi connectivity index (χ2n) is 5.84. The Morgan fingerprint density at radius 3 is 2.48 bits per heavy atom. The predicted octanol–water partition coefficient (Wildman–Crippen LogP) is 4.11. The van der Waals surface area contributed by atoms with Crippen LogP contribution in [0.4, 0.5) is 0 Å². The molecule has 0 aliphatic heterocycles. The fourth-order valence-corrected chi connectivity index (χ4v) is 3.73. The van der Waals surface area contributed by atoms with Crippen LogP contribution >= 0.6 is 23.2 Å². The van der Waals surface area contributed by atoms with Gasteiger partial charge in [-0.05, 0) is 43.0 Å². The van der Waals surface area contributed by atoms with Gasteiger partial charge in [-0.25, -0.2) is 0 Å². The van der Waals surface area contributed by atoms with Crippen LogP contribution in [-0.2, 0) is 11.2 Å². The number of nitrogens with one attached hydrogen (secondary N) is 1. The van der Waals surface area contributed by atoms with E-state index in [0.717, 1.165) is 23.4 Å². The van der Waals surface area contributed by atoms with E-state index in [1.165, 1.54) is 25.7 Å². The molecule has 0 heterocycles. The lowest BCUT2D eigenvalue weighted by atomic mass is 9.83. The molecular formula is C16H24Cl2N2O. The normalized spacial score (nSPS) is 20.0. The molecule has 0 radical (unpaired) electrons. The van der Waals surface area contributed by atoms with Gasteiger partial charge in [-0.1, -0.05) is 48.9 Å². The molecule has 1 aromatic carbocycles. The number of hydrogen-bond donors (Lipinski definition) is 2. The maximum absolute atomic E-state index is 6.29. The van der Waals surface area contributed by atoms with Crippen molar-refractivity contribution in [3.63, 3.8) is 0 Å². The lowest BCUT2D eigenvalue weighted by Crippen LogP contribution is -2.55. The number of halogens is 2. The van der Waals surface area contributed by atoms with E-state index in [1.807, 2.05) is 12.1 Å². The van der Waals surface area contributed by atoms with Gasteiger partial charge in [-0.15, -0.1) is 0 Å². The molecule has 1 unspecified atom stereocenters. The van der Waals surface area contributed by atoms with Crippen molar-refractivity contribution in [3.8, 4) is 0 Å². The van der Waals surface area contributed by atoms with E-state index in [1.54, 1.807) is 13.2 Å². The molecule has 2 rings (SSSR count). The highest BCUT2D eigenvalue weighted by Crippen LogP contribution is 2.35. The molecule has 1 aromatic rings. The average Bonchev–Trinajstić information content (AvgIpc) is 2.74. The average molecular weight is 331 g/mol.